The lowest BCUT2D eigenvalue weighted by Gasteiger charge is -2.30. The van der Waals surface area contributed by atoms with Gasteiger partial charge in [0.1, 0.15) is 0 Å². The van der Waals surface area contributed by atoms with Crippen LogP contribution in [0.25, 0.3) is 0 Å². The molecule has 1 aromatic carbocycles. The minimum absolute atomic E-state index is 0.0603. The monoisotopic (exact) mass is 347 g/mol. The third-order valence-corrected chi connectivity index (χ3v) is 3.95. The lowest BCUT2D eigenvalue weighted by Crippen LogP contribution is -2.46. The maximum absolute atomic E-state index is 11.9. The molecular formula is C19H33N5O. The topological polar surface area (TPSA) is 68.8 Å². The van der Waals surface area contributed by atoms with Crippen LogP contribution in [0.4, 0.5) is 0 Å². The SMILES string of the molecule is CN=C(NCCNC(=O)c1ccccc1)NCCN(C(C)C)C(C)C. The van der Waals surface area contributed by atoms with Gasteiger partial charge in [0, 0.05) is 50.9 Å². The van der Waals surface area contributed by atoms with Crippen molar-refractivity contribution in [1.29, 1.82) is 0 Å². The van der Waals surface area contributed by atoms with Gasteiger partial charge < -0.3 is 16.0 Å². The fourth-order valence-corrected chi connectivity index (χ4v) is 2.69. The van der Waals surface area contributed by atoms with Crippen molar-refractivity contribution in [2.45, 2.75) is 39.8 Å². The summed E-state index contributed by atoms with van der Waals surface area (Å²) >= 11 is 0. The summed E-state index contributed by atoms with van der Waals surface area (Å²) in [5.74, 6) is 0.691. The molecule has 0 aliphatic rings. The van der Waals surface area contributed by atoms with Crippen molar-refractivity contribution in [2.24, 2.45) is 4.99 Å². The average molecular weight is 348 g/mol. The van der Waals surface area contributed by atoms with E-state index in [0.29, 0.717) is 30.7 Å². The van der Waals surface area contributed by atoms with E-state index in [1.165, 1.54) is 0 Å². The van der Waals surface area contributed by atoms with E-state index in [1.54, 1.807) is 19.2 Å². The molecular weight excluding hydrogens is 314 g/mol. The van der Waals surface area contributed by atoms with E-state index >= 15 is 0 Å². The van der Waals surface area contributed by atoms with Crippen LogP contribution in [0.5, 0.6) is 0 Å². The third-order valence-electron chi connectivity index (χ3n) is 3.95. The number of aliphatic imine (C=N–C) groups is 1. The minimum atomic E-state index is -0.0603. The second-order valence-corrected chi connectivity index (χ2v) is 6.47. The quantitative estimate of drug-likeness (QED) is 0.361. The van der Waals surface area contributed by atoms with Crippen LogP contribution in [-0.2, 0) is 0 Å². The Hall–Kier alpha value is -2.08. The molecule has 3 N–H and O–H groups in total. The van der Waals surface area contributed by atoms with E-state index in [0.717, 1.165) is 19.0 Å². The zero-order valence-electron chi connectivity index (χ0n) is 16.2. The van der Waals surface area contributed by atoms with Crippen LogP contribution in [0.2, 0.25) is 0 Å². The molecule has 0 aromatic heterocycles. The number of nitrogens with zero attached hydrogens (tertiary/aromatic N) is 2. The van der Waals surface area contributed by atoms with E-state index in [2.05, 4.69) is 53.5 Å². The first kappa shape index (κ1) is 21.0. The Labute approximate surface area is 152 Å². The molecule has 0 aliphatic carbocycles. The Kier molecular flexibility index (Phi) is 9.62. The van der Waals surface area contributed by atoms with Gasteiger partial charge in [0.15, 0.2) is 5.96 Å². The summed E-state index contributed by atoms with van der Waals surface area (Å²) in [6.07, 6.45) is 0. The molecule has 0 aliphatic heterocycles. The number of amides is 1. The Balaban J connectivity index is 2.25. The number of rotatable bonds is 9. The van der Waals surface area contributed by atoms with Crippen molar-refractivity contribution in [3.63, 3.8) is 0 Å². The highest BCUT2D eigenvalue weighted by Crippen LogP contribution is 2.03. The molecule has 25 heavy (non-hydrogen) atoms. The van der Waals surface area contributed by atoms with Crippen molar-refractivity contribution in [2.75, 3.05) is 33.2 Å². The predicted molar refractivity (Wildman–Crippen MR) is 105 cm³/mol. The fraction of sp³-hybridized carbons (Fsp3) is 0.579. The fourth-order valence-electron chi connectivity index (χ4n) is 2.69. The van der Waals surface area contributed by atoms with Gasteiger partial charge >= 0.3 is 0 Å². The van der Waals surface area contributed by atoms with Crippen LogP contribution in [0.3, 0.4) is 0 Å². The van der Waals surface area contributed by atoms with Crippen molar-refractivity contribution in [1.82, 2.24) is 20.9 Å². The molecule has 1 rings (SSSR count). The number of benzene rings is 1. The summed E-state index contributed by atoms with van der Waals surface area (Å²) in [5, 5.41) is 9.42. The van der Waals surface area contributed by atoms with Gasteiger partial charge in [0.05, 0.1) is 0 Å². The predicted octanol–water partition coefficient (Wildman–Crippen LogP) is 1.70. The van der Waals surface area contributed by atoms with E-state index in [1.807, 2.05) is 18.2 Å². The number of carbonyl (C=O) groups is 1. The molecule has 6 heteroatoms. The summed E-state index contributed by atoms with van der Waals surface area (Å²) in [5.41, 5.74) is 0.674. The van der Waals surface area contributed by atoms with Crippen LogP contribution in [-0.4, -0.2) is 62.1 Å². The number of carbonyl (C=O) groups excluding carboxylic acids is 1. The molecule has 6 nitrogen and oxygen atoms in total. The summed E-state index contributed by atoms with van der Waals surface area (Å²) in [6, 6.07) is 10.3. The van der Waals surface area contributed by atoms with Crippen LogP contribution < -0.4 is 16.0 Å². The van der Waals surface area contributed by atoms with Gasteiger partial charge in [-0.3, -0.25) is 14.7 Å². The van der Waals surface area contributed by atoms with Gasteiger partial charge in [0.2, 0.25) is 0 Å². The molecule has 0 saturated heterocycles. The molecule has 0 bridgehead atoms. The standard InChI is InChI=1S/C19H33N5O/c1-15(2)24(16(3)4)14-13-23-19(20-5)22-12-11-21-18(25)17-9-7-6-8-10-17/h6-10,15-16H,11-14H2,1-5H3,(H,21,25)(H2,20,22,23). The second-order valence-electron chi connectivity index (χ2n) is 6.47. The van der Waals surface area contributed by atoms with Crippen molar-refractivity contribution < 1.29 is 4.79 Å². The number of nitrogens with one attached hydrogen (secondary N) is 3. The van der Waals surface area contributed by atoms with Crippen LogP contribution in [0, 0.1) is 0 Å². The Bertz CT molecular complexity index is 520. The van der Waals surface area contributed by atoms with Crippen molar-refractivity contribution in [3.05, 3.63) is 35.9 Å². The van der Waals surface area contributed by atoms with E-state index in [9.17, 15) is 4.79 Å². The highest BCUT2D eigenvalue weighted by atomic mass is 16.1. The van der Waals surface area contributed by atoms with Gasteiger partial charge in [-0.05, 0) is 39.8 Å². The first-order valence-electron chi connectivity index (χ1n) is 8.99. The Morgan fingerprint density at radius 1 is 0.960 bits per heavy atom. The molecule has 1 aromatic rings. The van der Waals surface area contributed by atoms with Gasteiger partial charge in [-0.2, -0.15) is 0 Å². The molecule has 0 heterocycles. The largest absolute Gasteiger partial charge is 0.355 e. The molecule has 0 atom stereocenters. The number of hydrogen-bond acceptors (Lipinski definition) is 3. The first-order chi connectivity index (χ1) is 12.0. The summed E-state index contributed by atoms with van der Waals surface area (Å²) < 4.78 is 0. The van der Waals surface area contributed by atoms with Crippen LogP contribution in [0.15, 0.2) is 35.3 Å². The smallest absolute Gasteiger partial charge is 0.251 e. The molecule has 0 spiro atoms. The first-order valence-corrected chi connectivity index (χ1v) is 8.99. The van der Waals surface area contributed by atoms with Crippen LogP contribution >= 0.6 is 0 Å². The van der Waals surface area contributed by atoms with Gasteiger partial charge in [-0.15, -0.1) is 0 Å². The maximum atomic E-state index is 11.9. The lowest BCUT2D eigenvalue weighted by molar-refractivity contribution is 0.0954. The zero-order valence-corrected chi connectivity index (χ0v) is 16.2. The highest BCUT2D eigenvalue weighted by Gasteiger charge is 2.12. The van der Waals surface area contributed by atoms with E-state index < -0.39 is 0 Å². The average Bonchev–Trinajstić information content (AvgIpc) is 2.60. The van der Waals surface area contributed by atoms with Crippen LogP contribution in [0.1, 0.15) is 38.1 Å². The number of guanidine groups is 1. The molecule has 0 fully saturated rings. The lowest BCUT2D eigenvalue weighted by atomic mass is 10.2. The third kappa shape index (κ3) is 8.03. The second kappa shape index (κ2) is 11.5. The normalized spacial score (nSPS) is 11.9. The Morgan fingerprint density at radius 3 is 2.08 bits per heavy atom. The molecule has 1 amide bonds. The molecule has 0 saturated carbocycles. The Morgan fingerprint density at radius 2 is 1.52 bits per heavy atom. The number of hydrogen-bond donors (Lipinski definition) is 3. The molecule has 0 radical (unpaired) electrons. The molecule has 140 valence electrons. The zero-order chi connectivity index (χ0) is 18.7. The van der Waals surface area contributed by atoms with Gasteiger partial charge in [-0.1, -0.05) is 18.2 Å². The molecule has 0 unspecified atom stereocenters. The highest BCUT2D eigenvalue weighted by molar-refractivity contribution is 5.94. The maximum Gasteiger partial charge on any atom is 0.251 e. The van der Waals surface area contributed by atoms with Crippen molar-refractivity contribution >= 4 is 11.9 Å². The van der Waals surface area contributed by atoms with E-state index in [-0.39, 0.29) is 5.91 Å². The summed E-state index contributed by atoms with van der Waals surface area (Å²) in [6.45, 7) is 11.8. The van der Waals surface area contributed by atoms with Crippen molar-refractivity contribution in [3.8, 4) is 0 Å². The van der Waals surface area contributed by atoms with Gasteiger partial charge in [0.25, 0.3) is 5.91 Å². The van der Waals surface area contributed by atoms with Gasteiger partial charge in [-0.25, -0.2) is 0 Å². The van der Waals surface area contributed by atoms with E-state index in [4.69, 9.17) is 0 Å². The minimum Gasteiger partial charge on any atom is -0.355 e. The summed E-state index contributed by atoms with van der Waals surface area (Å²) in [7, 11) is 1.75. The summed E-state index contributed by atoms with van der Waals surface area (Å²) in [4.78, 5) is 18.6.